The van der Waals surface area contributed by atoms with Gasteiger partial charge in [-0.15, -0.1) is 0 Å². The van der Waals surface area contributed by atoms with E-state index in [1.807, 2.05) is 0 Å². The van der Waals surface area contributed by atoms with E-state index >= 15 is 0 Å². The van der Waals surface area contributed by atoms with Gasteiger partial charge in [-0.05, 0) is 6.08 Å². The molecular weight excluding hydrogens is 322 g/mol. The summed E-state index contributed by atoms with van der Waals surface area (Å²) in [6.07, 6.45) is -0.784. The molecule has 0 bridgehead atoms. The van der Waals surface area contributed by atoms with E-state index in [1.165, 1.54) is 10.9 Å². The van der Waals surface area contributed by atoms with E-state index in [0.717, 1.165) is 16.8 Å². The van der Waals surface area contributed by atoms with Crippen molar-refractivity contribution in [3.8, 4) is 0 Å². The number of imidazole rings is 1. The number of hydrogen-bond acceptors (Lipinski definition) is 9. The topological polar surface area (TPSA) is 166 Å². The van der Waals surface area contributed by atoms with Gasteiger partial charge in [-0.1, -0.05) is 0 Å². The predicted octanol–water partition coefficient (Wildman–Crippen LogP) is -2.54. The van der Waals surface area contributed by atoms with Crippen LogP contribution in [0, 0.1) is 0 Å². The van der Waals surface area contributed by atoms with E-state index in [-0.39, 0.29) is 17.1 Å². The number of aromatic nitrogens is 4. The quantitative estimate of drug-likeness (QED) is 0.347. The minimum atomic E-state index is -1.35. The van der Waals surface area contributed by atoms with Crippen molar-refractivity contribution < 1.29 is 24.9 Å². The van der Waals surface area contributed by atoms with Gasteiger partial charge in [-0.3, -0.25) is 18.7 Å². The second-order valence-electron chi connectivity index (χ2n) is 5.18. The molecule has 128 valence electrons. The van der Waals surface area contributed by atoms with Gasteiger partial charge in [0.2, 0.25) is 5.95 Å². The average Bonchev–Trinajstić information content (AvgIpc) is 3.09. The van der Waals surface area contributed by atoms with Gasteiger partial charge in [0.25, 0.3) is 5.56 Å². The summed E-state index contributed by atoms with van der Waals surface area (Å²) in [5.74, 6) is -0.195. The first kappa shape index (κ1) is 16.3. The molecule has 1 saturated heterocycles. The summed E-state index contributed by atoms with van der Waals surface area (Å²) >= 11 is 0. The second-order valence-corrected chi connectivity index (χ2v) is 5.18. The van der Waals surface area contributed by atoms with Crippen molar-refractivity contribution in [2.45, 2.75) is 24.5 Å². The number of allylic oxidation sites excluding steroid dienone is 1. The molecule has 1 aliphatic rings. The number of rotatable bonds is 4. The van der Waals surface area contributed by atoms with E-state index in [2.05, 4.69) is 9.97 Å². The van der Waals surface area contributed by atoms with Gasteiger partial charge < -0.3 is 25.8 Å². The molecule has 2 unspecified atom stereocenters. The molecule has 11 nitrogen and oxygen atoms in total. The van der Waals surface area contributed by atoms with Gasteiger partial charge in [0, 0.05) is 6.20 Å². The summed E-state index contributed by atoms with van der Waals surface area (Å²) in [5, 5.41) is 29.0. The van der Waals surface area contributed by atoms with Crippen LogP contribution in [0.25, 0.3) is 17.4 Å². The first-order valence-corrected chi connectivity index (χ1v) is 6.98. The SMILES string of the molecule is Nc1nc2c(ncn2[C@@H]2O[C@H](CO)C(O)C2O)c(=O)n1C=CC=O. The Morgan fingerprint density at radius 2 is 2.12 bits per heavy atom. The molecule has 4 atom stereocenters. The van der Waals surface area contributed by atoms with Crippen molar-refractivity contribution in [2.24, 2.45) is 0 Å². The molecule has 11 heteroatoms. The molecule has 5 N–H and O–H groups in total. The lowest BCUT2D eigenvalue weighted by Gasteiger charge is -2.16. The van der Waals surface area contributed by atoms with Crippen molar-refractivity contribution in [3.63, 3.8) is 0 Å². The van der Waals surface area contributed by atoms with Crippen LogP contribution in [0.1, 0.15) is 6.23 Å². The number of aliphatic hydroxyl groups is 3. The number of carbonyl (C=O) groups excluding carboxylic acids is 1. The number of aldehydes is 1. The number of carbonyl (C=O) groups is 1. The van der Waals surface area contributed by atoms with Crippen molar-refractivity contribution in [2.75, 3.05) is 12.3 Å². The Balaban J connectivity index is 2.11. The van der Waals surface area contributed by atoms with E-state index in [0.29, 0.717) is 6.29 Å². The number of nitrogen functional groups attached to an aromatic ring is 1. The zero-order valence-corrected chi connectivity index (χ0v) is 12.3. The van der Waals surface area contributed by atoms with Gasteiger partial charge in [0.05, 0.1) is 12.9 Å². The second kappa shape index (κ2) is 6.13. The predicted molar refractivity (Wildman–Crippen MR) is 80.6 cm³/mol. The lowest BCUT2D eigenvalue weighted by atomic mass is 10.1. The van der Waals surface area contributed by atoms with Gasteiger partial charge in [0.15, 0.2) is 17.4 Å². The molecule has 0 aromatic carbocycles. The van der Waals surface area contributed by atoms with Crippen LogP contribution in [0.3, 0.4) is 0 Å². The number of aliphatic hydroxyl groups excluding tert-OH is 3. The molecule has 0 aliphatic carbocycles. The lowest BCUT2D eigenvalue weighted by Crippen LogP contribution is -2.33. The summed E-state index contributed by atoms with van der Waals surface area (Å²) in [7, 11) is 0. The maximum Gasteiger partial charge on any atom is 0.287 e. The van der Waals surface area contributed by atoms with Crippen molar-refractivity contribution in [3.05, 3.63) is 22.8 Å². The smallest absolute Gasteiger partial charge is 0.287 e. The molecule has 3 rings (SSSR count). The van der Waals surface area contributed by atoms with Crippen LogP contribution in [0.5, 0.6) is 0 Å². The zero-order chi connectivity index (χ0) is 17.4. The fraction of sp³-hybridized carbons (Fsp3) is 0.385. The highest BCUT2D eigenvalue weighted by Crippen LogP contribution is 2.30. The van der Waals surface area contributed by atoms with Crippen molar-refractivity contribution >= 4 is 29.6 Å². The minimum absolute atomic E-state index is 0.0445. The first-order chi connectivity index (χ1) is 11.5. The molecule has 0 saturated carbocycles. The standard InChI is InChI=1S/C13H15N5O6/c14-13-16-10-7(11(23)17(13)2-1-3-19)15-5-18(10)12-9(22)8(21)6(4-20)24-12/h1-3,5-6,8-9,12,20-22H,4H2,(H2,14,16)/t6-,8?,9?,12-/m1/s1. The molecule has 24 heavy (non-hydrogen) atoms. The monoisotopic (exact) mass is 337 g/mol. The normalized spacial score (nSPS) is 27.3. The maximum atomic E-state index is 12.4. The summed E-state index contributed by atoms with van der Waals surface area (Å²) in [6.45, 7) is -0.486. The minimum Gasteiger partial charge on any atom is -0.394 e. The zero-order valence-electron chi connectivity index (χ0n) is 12.3. The summed E-state index contributed by atoms with van der Waals surface area (Å²) < 4.78 is 7.59. The average molecular weight is 337 g/mol. The Hall–Kier alpha value is -2.60. The molecule has 2 aromatic heterocycles. The van der Waals surface area contributed by atoms with Crippen LogP contribution in [0.2, 0.25) is 0 Å². The van der Waals surface area contributed by atoms with Crippen LogP contribution < -0.4 is 11.3 Å². The number of hydrogen-bond donors (Lipinski definition) is 4. The van der Waals surface area contributed by atoms with E-state index in [4.69, 9.17) is 15.6 Å². The highest BCUT2D eigenvalue weighted by molar-refractivity contribution is 5.74. The Kier molecular flexibility index (Phi) is 4.15. The van der Waals surface area contributed by atoms with Crippen LogP contribution in [0.15, 0.2) is 17.2 Å². The van der Waals surface area contributed by atoms with E-state index < -0.39 is 36.7 Å². The summed E-state index contributed by atoms with van der Waals surface area (Å²) in [6, 6.07) is 0. The maximum absolute atomic E-state index is 12.4. The number of nitrogens with zero attached hydrogens (tertiary/aromatic N) is 4. The number of nitrogens with two attached hydrogens (primary N) is 1. The van der Waals surface area contributed by atoms with E-state index in [1.54, 1.807) is 0 Å². The number of anilines is 1. The van der Waals surface area contributed by atoms with Crippen molar-refractivity contribution in [1.29, 1.82) is 0 Å². The van der Waals surface area contributed by atoms with Crippen LogP contribution in [-0.4, -0.2) is 65.6 Å². The fourth-order valence-corrected chi connectivity index (χ4v) is 2.56. The molecule has 0 spiro atoms. The Bertz CT molecular complexity index is 858. The molecule has 1 aliphatic heterocycles. The van der Waals surface area contributed by atoms with Crippen molar-refractivity contribution in [1.82, 2.24) is 19.1 Å². The Morgan fingerprint density at radius 1 is 1.38 bits per heavy atom. The highest BCUT2D eigenvalue weighted by Gasteiger charge is 2.44. The van der Waals surface area contributed by atoms with Gasteiger partial charge in [0.1, 0.15) is 24.6 Å². The third kappa shape index (κ3) is 2.39. The molecule has 3 heterocycles. The van der Waals surface area contributed by atoms with Crippen LogP contribution in [-0.2, 0) is 9.53 Å². The van der Waals surface area contributed by atoms with Gasteiger partial charge >= 0.3 is 0 Å². The number of fused-ring (bicyclic) bond motifs is 1. The molecule has 2 aromatic rings. The summed E-state index contributed by atoms with van der Waals surface area (Å²) in [4.78, 5) is 30.7. The molecule has 1 fully saturated rings. The Morgan fingerprint density at radius 3 is 2.75 bits per heavy atom. The van der Waals surface area contributed by atoms with Crippen LogP contribution >= 0.6 is 0 Å². The molecular formula is C13H15N5O6. The third-order valence-corrected chi connectivity index (χ3v) is 3.76. The fourth-order valence-electron chi connectivity index (χ4n) is 2.56. The highest BCUT2D eigenvalue weighted by atomic mass is 16.6. The Labute approximate surface area is 134 Å². The molecule has 0 radical (unpaired) electrons. The largest absolute Gasteiger partial charge is 0.394 e. The number of ether oxygens (including phenoxy) is 1. The van der Waals surface area contributed by atoms with Gasteiger partial charge in [-0.2, -0.15) is 4.98 Å². The van der Waals surface area contributed by atoms with E-state index in [9.17, 15) is 19.8 Å². The lowest BCUT2D eigenvalue weighted by molar-refractivity contribution is -0.104. The molecule has 0 amide bonds. The van der Waals surface area contributed by atoms with Gasteiger partial charge in [-0.25, -0.2) is 4.98 Å². The first-order valence-electron chi connectivity index (χ1n) is 6.98. The van der Waals surface area contributed by atoms with Crippen LogP contribution in [0.4, 0.5) is 5.95 Å². The summed E-state index contributed by atoms with van der Waals surface area (Å²) in [5.41, 5.74) is 5.10. The third-order valence-electron chi connectivity index (χ3n) is 3.76.